The van der Waals surface area contributed by atoms with Crippen molar-refractivity contribution in [2.75, 3.05) is 26.4 Å². The summed E-state index contributed by atoms with van der Waals surface area (Å²) in [4.78, 5) is 38.6. The molecule has 0 radical (unpaired) electrons. The van der Waals surface area contributed by atoms with Crippen LogP contribution in [0.4, 0.5) is 0 Å². The van der Waals surface area contributed by atoms with Crippen LogP contribution in [0.3, 0.4) is 0 Å². The van der Waals surface area contributed by atoms with Crippen LogP contribution in [0.2, 0.25) is 0 Å². The molecule has 8 bridgehead atoms. The number of benzene rings is 4. The van der Waals surface area contributed by atoms with E-state index in [0.29, 0.717) is 89.9 Å². The van der Waals surface area contributed by atoms with Gasteiger partial charge in [0.25, 0.3) is 0 Å². The first-order valence-electron chi connectivity index (χ1n) is 21.5. The van der Waals surface area contributed by atoms with Crippen LogP contribution in [0.5, 0.6) is 23.0 Å². The number of unbranched alkanes of at least 4 members (excludes halogenated alkanes) is 4. The second-order valence-electron chi connectivity index (χ2n) is 15.1. The molecule has 12 nitrogen and oxygen atoms in total. The summed E-state index contributed by atoms with van der Waals surface area (Å²) in [7, 11) is 0. The fraction of sp³-hybridized carbons (Fsp3) is 0.333. The lowest BCUT2D eigenvalue weighted by Gasteiger charge is -2.11. The van der Waals surface area contributed by atoms with Crippen molar-refractivity contribution in [2.45, 2.75) is 79.1 Å². The van der Waals surface area contributed by atoms with E-state index in [1.165, 1.54) is 0 Å². The SMILES string of the molecule is CCCCOc1cccc2c1-c1nc3nc(nc4[nH]c([nH]c5nc(nc-2n1)-c1c(OCCCC)cccc1-5)c1c(OCCCC)cccc41)-c1c(OCCCC)cccc1-3. The number of hydrogen-bond donors (Lipinski definition) is 2. The zero-order valence-electron chi connectivity index (χ0n) is 34.7. The monoisotopic (exact) mass is 802 g/mol. The van der Waals surface area contributed by atoms with E-state index in [-0.39, 0.29) is 0 Å². The van der Waals surface area contributed by atoms with Gasteiger partial charge in [0.15, 0.2) is 29.1 Å². The van der Waals surface area contributed by atoms with E-state index in [2.05, 4.69) is 37.7 Å². The van der Waals surface area contributed by atoms with Gasteiger partial charge in [-0.05, 0) is 49.9 Å². The summed E-state index contributed by atoms with van der Waals surface area (Å²) in [6.45, 7) is 10.9. The molecule has 60 heavy (non-hydrogen) atoms. The lowest BCUT2D eigenvalue weighted by molar-refractivity contribution is 0.310. The van der Waals surface area contributed by atoms with Gasteiger partial charge in [0.2, 0.25) is 0 Å². The molecule has 0 aliphatic carbocycles. The standard InChI is InChI=1S/C48H50N8O4/c1-5-9-25-57-33-21-13-17-29-37(33)45-49-41(29)54-46-39-31(19-15-23-35(39)59-27-11-7-3)43(51-46)56-48-40-32(20-16-24-36(40)60-28-12-8-4)44(52-48)55-47-38-30(42(50-47)53-45)18-14-22-34(38)58-26-10-6-2/h13-24H,5-12,25-28H2,1-4H3,(H2,49,50,51,52,53,54,55,56). The fourth-order valence-corrected chi connectivity index (χ4v) is 7.65. The molecule has 306 valence electrons. The Kier molecular flexibility index (Phi) is 11.3. The van der Waals surface area contributed by atoms with Crippen LogP contribution in [0.1, 0.15) is 79.1 Å². The molecule has 0 spiro atoms. The van der Waals surface area contributed by atoms with E-state index >= 15 is 0 Å². The minimum atomic E-state index is 0.446. The maximum Gasteiger partial charge on any atom is 0.168 e. The van der Waals surface area contributed by atoms with Crippen LogP contribution < -0.4 is 18.9 Å². The number of rotatable bonds is 16. The number of nitrogens with zero attached hydrogens (tertiary/aromatic N) is 6. The predicted octanol–water partition coefficient (Wildman–Crippen LogP) is 11.5. The summed E-state index contributed by atoms with van der Waals surface area (Å²) in [5.41, 5.74) is 6.03. The molecule has 4 aromatic carbocycles. The normalized spacial score (nSPS) is 11.8. The Morgan fingerprint density at radius 2 is 0.833 bits per heavy atom. The molecule has 5 heterocycles. The highest BCUT2D eigenvalue weighted by Crippen LogP contribution is 2.46. The van der Waals surface area contributed by atoms with Crippen LogP contribution in [-0.4, -0.2) is 66.3 Å². The van der Waals surface area contributed by atoms with E-state index in [0.717, 1.165) is 101 Å². The highest BCUT2D eigenvalue weighted by atomic mass is 16.5. The van der Waals surface area contributed by atoms with Gasteiger partial charge in [0.1, 0.15) is 40.1 Å². The first-order chi connectivity index (χ1) is 29.6. The average molecular weight is 803 g/mol. The molecule has 2 N–H and O–H groups in total. The van der Waals surface area contributed by atoms with E-state index < -0.39 is 0 Å². The third-order valence-corrected chi connectivity index (χ3v) is 10.8. The van der Waals surface area contributed by atoms with Crippen LogP contribution in [-0.2, 0) is 0 Å². The Morgan fingerprint density at radius 1 is 0.417 bits per heavy atom. The molecule has 3 aliphatic rings. The molecule has 6 aromatic rings. The zero-order valence-corrected chi connectivity index (χ0v) is 34.7. The third-order valence-electron chi connectivity index (χ3n) is 10.8. The molecule has 9 rings (SSSR count). The smallest absolute Gasteiger partial charge is 0.168 e. The van der Waals surface area contributed by atoms with Crippen molar-refractivity contribution in [1.29, 1.82) is 0 Å². The van der Waals surface area contributed by atoms with E-state index in [9.17, 15) is 0 Å². The molecule has 0 saturated heterocycles. The Morgan fingerprint density at radius 3 is 1.35 bits per heavy atom. The molecular weight excluding hydrogens is 753 g/mol. The Labute approximate surface area is 349 Å². The molecule has 0 unspecified atom stereocenters. The minimum Gasteiger partial charge on any atom is -0.493 e. The van der Waals surface area contributed by atoms with Crippen molar-refractivity contribution < 1.29 is 18.9 Å². The van der Waals surface area contributed by atoms with E-state index in [4.69, 9.17) is 48.9 Å². The summed E-state index contributed by atoms with van der Waals surface area (Å²) >= 11 is 0. The molecule has 0 amide bonds. The van der Waals surface area contributed by atoms with Gasteiger partial charge in [0.05, 0.1) is 48.5 Å². The number of hydrogen-bond acceptors (Lipinski definition) is 10. The molecule has 0 saturated carbocycles. The van der Waals surface area contributed by atoms with Crippen LogP contribution in [0.15, 0.2) is 72.8 Å². The quantitative estimate of drug-likeness (QED) is 0.0905. The van der Waals surface area contributed by atoms with Crippen LogP contribution in [0.25, 0.3) is 90.4 Å². The van der Waals surface area contributed by atoms with Crippen molar-refractivity contribution in [3.05, 3.63) is 72.8 Å². The highest BCUT2D eigenvalue weighted by Gasteiger charge is 2.30. The van der Waals surface area contributed by atoms with Gasteiger partial charge < -0.3 is 28.9 Å². The van der Waals surface area contributed by atoms with Gasteiger partial charge in [-0.25, -0.2) is 29.9 Å². The second kappa shape index (κ2) is 17.3. The zero-order chi connectivity index (χ0) is 41.0. The molecule has 0 fully saturated rings. The largest absolute Gasteiger partial charge is 0.493 e. The van der Waals surface area contributed by atoms with Gasteiger partial charge in [0, 0.05) is 22.1 Å². The van der Waals surface area contributed by atoms with Gasteiger partial charge in [-0.3, -0.25) is 0 Å². The number of nitrogens with one attached hydrogen (secondary N) is 2. The average Bonchev–Trinajstić information content (AvgIpc) is 4.01. The van der Waals surface area contributed by atoms with Gasteiger partial charge in [-0.15, -0.1) is 0 Å². The van der Waals surface area contributed by atoms with E-state index in [1.54, 1.807) is 0 Å². The number of aromatic amines is 2. The van der Waals surface area contributed by atoms with Crippen molar-refractivity contribution in [2.24, 2.45) is 0 Å². The number of fused-ring (bicyclic) bond motifs is 20. The summed E-state index contributed by atoms with van der Waals surface area (Å²) < 4.78 is 25.7. The molecule has 12 heteroatoms. The Hall–Kier alpha value is -6.56. The Balaban J connectivity index is 1.39. The lowest BCUT2D eigenvalue weighted by Crippen LogP contribution is -1.99. The molecule has 3 aliphatic heterocycles. The first kappa shape index (κ1) is 38.9. The van der Waals surface area contributed by atoms with Gasteiger partial charge in [-0.1, -0.05) is 102 Å². The maximum absolute atomic E-state index is 6.45. The fourth-order valence-electron chi connectivity index (χ4n) is 7.65. The molecule has 2 aromatic heterocycles. The minimum absolute atomic E-state index is 0.446. The van der Waals surface area contributed by atoms with Crippen molar-refractivity contribution in [1.82, 2.24) is 39.9 Å². The predicted molar refractivity (Wildman–Crippen MR) is 236 cm³/mol. The first-order valence-corrected chi connectivity index (χ1v) is 21.5. The summed E-state index contributed by atoms with van der Waals surface area (Å²) in [5.74, 6) is 5.75. The van der Waals surface area contributed by atoms with Gasteiger partial charge >= 0.3 is 0 Å². The maximum atomic E-state index is 6.45. The van der Waals surface area contributed by atoms with Crippen molar-refractivity contribution >= 4 is 22.1 Å². The lowest BCUT2D eigenvalue weighted by atomic mass is 10.1. The van der Waals surface area contributed by atoms with E-state index in [1.807, 2.05) is 72.8 Å². The van der Waals surface area contributed by atoms with Crippen molar-refractivity contribution in [3.63, 3.8) is 0 Å². The number of aromatic nitrogens is 8. The second-order valence-corrected chi connectivity index (χ2v) is 15.1. The summed E-state index contributed by atoms with van der Waals surface area (Å²) in [5, 5.41) is 1.71. The highest BCUT2D eigenvalue weighted by molar-refractivity contribution is 6.08. The Bertz CT molecular complexity index is 2760. The van der Waals surface area contributed by atoms with Gasteiger partial charge in [-0.2, -0.15) is 0 Å². The van der Waals surface area contributed by atoms with Crippen LogP contribution in [0, 0.1) is 0 Å². The number of H-pyrrole nitrogens is 2. The van der Waals surface area contributed by atoms with Crippen molar-refractivity contribution in [3.8, 4) is 91.3 Å². The van der Waals surface area contributed by atoms with Crippen LogP contribution >= 0.6 is 0 Å². The topological polar surface area (TPSA) is 146 Å². The molecule has 0 atom stereocenters. The summed E-state index contributed by atoms with van der Waals surface area (Å²) in [6.07, 6.45) is 7.71. The summed E-state index contributed by atoms with van der Waals surface area (Å²) in [6, 6.07) is 24.0. The third kappa shape index (κ3) is 7.35. The molecular formula is C48H50N8O4. The number of ether oxygens (including phenoxy) is 4.